The van der Waals surface area contributed by atoms with Gasteiger partial charge in [0.25, 0.3) is 0 Å². The number of nitrogens with zero attached hydrogens (tertiary/aromatic N) is 4. The van der Waals surface area contributed by atoms with Gasteiger partial charge in [-0.2, -0.15) is 5.26 Å². The summed E-state index contributed by atoms with van der Waals surface area (Å²) in [6.45, 7) is 6.22. The van der Waals surface area contributed by atoms with Crippen molar-refractivity contribution in [2.45, 2.75) is 55.5 Å². The van der Waals surface area contributed by atoms with E-state index in [9.17, 15) is 10.1 Å². The largest absolute Gasteiger partial charge is 0.384 e. The fourth-order valence-electron chi connectivity index (χ4n) is 3.74. The smallest absolute Gasteiger partial charge is 0.219 e. The van der Waals surface area contributed by atoms with Crippen LogP contribution < -0.4 is 10.6 Å². The lowest BCUT2D eigenvalue weighted by atomic mass is 9.78. The minimum absolute atomic E-state index is 0.0915. The van der Waals surface area contributed by atoms with Crippen LogP contribution in [0.1, 0.15) is 48.8 Å². The fraction of sp³-hybridized carbons (Fsp3) is 0.400. The zero-order valence-electron chi connectivity index (χ0n) is 16.4. The van der Waals surface area contributed by atoms with Crippen LogP contribution in [0.2, 0.25) is 0 Å². The number of allylic oxidation sites excluding steroid dienone is 3. The Balaban J connectivity index is 1.88. The number of ketones is 1. The lowest BCUT2D eigenvalue weighted by molar-refractivity contribution is -0.116. The summed E-state index contributed by atoms with van der Waals surface area (Å²) >= 11 is 4.69. The van der Waals surface area contributed by atoms with Crippen molar-refractivity contribution in [2.24, 2.45) is 5.73 Å². The van der Waals surface area contributed by atoms with Crippen molar-refractivity contribution < 1.29 is 4.79 Å². The molecule has 0 bridgehead atoms. The monoisotopic (exact) mass is 443 g/mol. The van der Waals surface area contributed by atoms with Gasteiger partial charge in [-0.3, -0.25) is 9.69 Å². The molecule has 1 atom stereocenters. The number of aryl methyl sites for hydroxylation is 1. The van der Waals surface area contributed by atoms with E-state index in [1.807, 2.05) is 19.1 Å². The first-order chi connectivity index (χ1) is 13.9. The molecule has 0 fully saturated rings. The number of Topliss-reactive ketones (excluding diaryl/α,β-unsaturated/α-hetero) is 1. The molecule has 150 valence electrons. The number of nitriles is 1. The minimum Gasteiger partial charge on any atom is -0.384 e. The second kappa shape index (κ2) is 7.94. The Morgan fingerprint density at radius 1 is 1.31 bits per heavy atom. The third kappa shape index (κ3) is 3.61. The fourth-order valence-corrected chi connectivity index (χ4v) is 6.84. The summed E-state index contributed by atoms with van der Waals surface area (Å²) in [4.78, 5) is 16.9. The molecule has 2 aliphatic rings. The number of hydrogen-bond acceptors (Lipinski definition) is 9. The Kier molecular flexibility index (Phi) is 5.51. The lowest BCUT2D eigenvalue weighted by Crippen LogP contribution is -2.38. The zero-order valence-corrected chi connectivity index (χ0v) is 18.9. The Labute approximate surface area is 182 Å². The van der Waals surface area contributed by atoms with Gasteiger partial charge in [-0.1, -0.05) is 36.9 Å². The molecule has 2 aromatic heterocycles. The Morgan fingerprint density at radius 2 is 2.10 bits per heavy atom. The van der Waals surface area contributed by atoms with Gasteiger partial charge in [-0.25, -0.2) is 0 Å². The minimum atomic E-state index is -0.393. The van der Waals surface area contributed by atoms with E-state index in [0.717, 1.165) is 32.6 Å². The average molecular weight is 444 g/mol. The number of nitrogens with two attached hydrogens (primary N) is 1. The summed E-state index contributed by atoms with van der Waals surface area (Å²) in [6.07, 6.45) is 2.00. The molecule has 2 N–H and O–H groups in total. The number of aromatic nitrogens is 2. The SMILES string of the molecule is Cc1ccc(C2C(C#N)=C(N)N(c3nnc(SC(C)C)s3)C3=C2C(=O)CCC3)s1. The number of anilines is 1. The Morgan fingerprint density at radius 3 is 2.76 bits per heavy atom. The van der Waals surface area contributed by atoms with Crippen LogP contribution in [0.3, 0.4) is 0 Å². The molecule has 0 spiro atoms. The normalized spacial score (nSPS) is 19.8. The van der Waals surface area contributed by atoms with E-state index in [1.54, 1.807) is 28.0 Å². The van der Waals surface area contributed by atoms with Gasteiger partial charge in [0.1, 0.15) is 5.82 Å². The molecule has 1 aliphatic carbocycles. The van der Waals surface area contributed by atoms with Crippen molar-refractivity contribution in [3.8, 4) is 6.07 Å². The van der Waals surface area contributed by atoms with E-state index in [-0.39, 0.29) is 5.78 Å². The van der Waals surface area contributed by atoms with E-state index in [0.29, 0.717) is 33.8 Å². The summed E-state index contributed by atoms with van der Waals surface area (Å²) in [5, 5.41) is 19.6. The van der Waals surface area contributed by atoms with Crippen LogP contribution in [0.25, 0.3) is 0 Å². The number of carbonyl (C=O) groups excluding carboxylic acids is 1. The Hall–Kier alpha value is -2.15. The number of carbonyl (C=O) groups is 1. The summed E-state index contributed by atoms with van der Waals surface area (Å²) in [5.74, 6) is 0.0540. The van der Waals surface area contributed by atoms with E-state index in [1.165, 1.54) is 11.3 Å². The summed E-state index contributed by atoms with van der Waals surface area (Å²) in [6, 6.07) is 6.31. The molecule has 0 radical (unpaired) electrons. The lowest BCUT2D eigenvalue weighted by Gasteiger charge is -2.37. The van der Waals surface area contributed by atoms with Crippen molar-refractivity contribution in [3.63, 3.8) is 0 Å². The molecule has 3 heterocycles. The first-order valence-corrected chi connectivity index (χ1v) is 11.9. The first kappa shape index (κ1) is 20.1. The van der Waals surface area contributed by atoms with Crippen LogP contribution >= 0.6 is 34.4 Å². The number of rotatable bonds is 4. The number of thiophene rings is 1. The maximum Gasteiger partial charge on any atom is 0.219 e. The molecule has 0 saturated carbocycles. The average Bonchev–Trinajstić information content (AvgIpc) is 3.29. The quantitative estimate of drug-likeness (QED) is 0.683. The number of hydrogen-bond donors (Lipinski definition) is 1. The molecule has 4 rings (SSSR count). The van der Waals surface area contributed by atoms with Crippen molar-refractivity contribution >= 4 is 45.4 Å². The summed E-state index contributed by atoms with van der Waals surface area (Å²) in [5.41, 5.74) is 8.51. The molecule has 9 heteroatoms. The molecular weight excluding hydrogens is 422 g/mol. The molecule has 0 saturated heterocycles. The maximum absolute atomic E-state index is 13.0. The van der Waals surface area contributed by atoms with Gasteiger partial charge in [-0.15, -0.1) is 21.5 Å². The van der Waals surface area contributed by atoms with Gasteiger partial charge >= 0.3 is 0 Å². The third-order valence-electron chi connectivity index (χ3n) is 4.88. The van der Waals surface area contributed by atoms with Crippen molar-refractivity contribution in [1.82, 2.24) is 10.2 Å². The zero-order chi connectivity index (χ0) is 20.7. The van der Waals surface area contributed by atoms with Gasteiger partial charge in [0.05, 0.1) is 17.6 Å². The number of thioether (sulfide) groups is 1. The van der Waals surface area contributed by atoms with Gasteiger partial charge in [-0.05, 0) is 31.9 Å². The predicted octanol–water partition coefficient (Wildman–Crippen LogP) is 4.71. The highest BCUT2D eigenvalue weighted by Crippen LogP contribution is 2.48. The molecular formula is C20H21N5OS3. The van der Waals surface area contributed by atoms with Crippen LogP contribution in [0, 0.1) is 18.3 Å². The van der Waals surface area contributed by atoms with Gasteiger partial charge < -0.3 is 5.73 Å². The molecule has 2 aromatic rings. The van der Waals surface area contributed by atoms with E-state index < -0.39 is 5.92 Å². The van der Waals surface area contributed by atoms with Crippen molar-refractivity contribution in [2.75, 3.05) is 4.90 Å². The van der Waals surface area contributed by atoms with Crippen LogP contribution in [0.15, 0.2) is 39.1 Å². The van der Waals surface area contributed by atoms with E-state index >= 15 is 0 Å². The van der Waals surface area contributed by atoms with Crippen LogP contribution in [-0.2, 0) is 4.79 Å². The van der Waals surface area contributed by atoms with Crippen LogP contribution in [-0.4, -0.2) is 21.2 Å². The van der Waals surface area contributed by atoms with E-state index in [4.69, 9.17) is 5.73 Å². The van der Waals surface area contributed by atoms with Crippen molar-refractivity contribution in [3.05, 3.63) is 44.6 Å². The van der Waals surface area contributed by atoms with Gasteiger partial charge in [0.2, 0.25) is 5.13 Å². The molecule has 1 aliphatic heterocycles. The summed E-state index contributed by atoms with van der Waals surface area (Å²) < 4.78 is 0.849. The molecule has 1 unspecified atom stereocenters. The molecule has 29 heavy (non-hydrogen) atoms. The van der Waals surface area contributed by atoms with E-state index in [2.05, 4.69) is 30.1 Å². The molecule has 0 amide bonds. The van der Waals surface area contributed by atoms with Crippen molar-refractivity contribution in [1.29, 1.82) is 5.26 Å². The highest BCUT2D eigenvalue weighted by molar-refractivity contribution is 8.01. The second-order valence-corrected chi connectivity index (χ2v) is 11.4. The standard InChI is InChI=1S/C20H21N5OS3/c1-10(2)27-20-24-23-19(29-20)25-13-5-4-6-14(26)17(13)16(12(9-21)18(25)22)15-8-7-11(3)28-15/h7-8,10,16H,4-6,22H2,1-3H3. The van der Waals surface area contributed by atoms with Crippen LogP contribution in [0.5, 0.6) is 0 Å². The predicted molar refractivity (Wildman–Crippen MR) is 118 cm³/mol. The molecule has 0 aromatic carbocycles. The highest BCUT2D eigenvalue weighted by Gasteiger charge is 2.41. The second-order valence-electron chi connectivity index (χ2n) is 7.28. The molecule has 6 nitrogen and oxygen atoms in total. The topological polar surface area (TPSA) is 95.9 Å². The summed E-state index contributed by atoms with van der Waals surface area (Å²) in [7, 11) is 0. The van der Waals surface area contributed by atoms with Gasteiger partial charge in [0, 0.05) is 32.7 Å². The maximum atomic E-state index is 13.0. The highest BCUT2D eigenvalue weighted by atomic mass is 32.2. The Bertz CT molecular complexity index is 1070. The first-order valence-electron chi connectivity index (χ1n) is 9.43. The van der Waals surface area contributed by atoms with Gasteiger partial charge in [0.15, 0.2) is 10.1 Å². The third-order valence-corrected chi connectivity index (χ3v) is 7.94. The van der Waals surface area contributed by atoms with Crippen LogP contribution in [0.4, 0.5) is 5.13 Å².